The second-order valence-electron chi connectivity index (χ2n) is 5.00. The number of halogens is 2. The summed E-state index contributed by atoms with van der Waals surface area (Å²) >= 11 is 9.41. The van der Waals surface area contributed by atoms with Crippen LogP contribution in [-0.4, -0.2) is 30.8 Å². The highest BCUT2D eigenvalue weighted by molar-refractivity contribution is 9.10. The van der Waals surface area contributed by atoms with E-state index >= 15 is 0 Å². The first-order chi connectivity index (χ1) is 8.56. The second-order valence-corrected chi connectivity index (χ2v) is 6.33. The zero-order valence-corrected chi connectivity index (χ0v) is 12.8. The Balaban J connectivity index is 1.86. The van der Waals surface area contributed by atoms with E-state index < -0.39 is 0 Å². The number of hydrogen-bond acceptors (Lipinski definition) is 2. The fourth-order valence-electron chi connectivity index (χ4n) is 1.98. The van der Waals surface area contributed by atoms with Gasteiger partial charge in [-0.15, -0.1) is 0 Å². The standard InChI is InChI=1S/C14H17BrClNO/c1-17(9-10-2-3-10)7-6-14(18)12-5-4-11(15)8-13(12)16/h4-5,8,10H,2-3,6-7,9H2,1H3. The van der Waals surface area contributed by atoms with Gasteiger partial charge in [0.15, 0.2) is 5.78 Å². The number of benzene rings is 1. The molecular formula is C14H17BrClNO. The van der Waals surface area contributed by atoms with Crippen LogP contribution in [0.1, 0.15) is 29.6 Å². The van der Waals surface area contributed by atoms with E-state index in [2.05, 4.69) is 27.9 Å². The normalized spacial score (nSPS) is 15.1. The summed E-state index contributed by atoms with van der Waals surface area (Å²) in [7, 11) is 2.08. The van der Waals surface area contributed by atoms with Gasteiger partial charge in [0.25, 0.3) is 0 Å². The fourth-order valence-corrected chi connectivity index (χ4v) is 2.75. The van der Waals surface area contributed by atoms with Gasteiger partial charge in [0.2, 0.25) is 0 Å². The predicted octanol–water partition coefficient (Wildman–Crippen LogP) is 4.02. The molecule has 1 fully saturated rings. The Labute approximate surface area is 121 Å². The van der Waals surface area contributed by atoms with Crippen molar-refractivity contribution in [1.29, 1.82) is 0 Å². The first-order valence-electron chi connectivity index (χ1n) is 6.23. The van der Waals surface area contributed by atoms with Crippen molar-refractivity contribution in [1.82, 2.24) is 4.90 Å². The van der Waals surface area contributed by atoms with Crippen LogP contribution in [0.3, 0.4) is 0 Å². The number of rotatable bonds is 6. The molecule has 0 amide bonds. The minimum absolute atomic E-state index is 0.121. The topological polar surface area (TPSA) is 20.3 Å². The molecule has 1 aromatic carbocycles. The van der Waals surface area contributed by atoms with E-state index in [1.807, 2.05) is 6.07 Å². The van der Waals surface area contributed by atoms with Crippen molar-refractivity contribution in [3.63, 3.8) is 0 Å². The second kappa shape index (κ2) is 6.18. The van der Waals surface area contributed by atoms with Crippen molar-refractivity contribution in [3.8, 4) is 0 Å². The van der Waals surface area contributed by atoms with Crippen LogP contribution in [0.25, 0.3) is 0 Å². The van der Waals surface area contributed by atoms with Crippen LogP contribution in [0.15, 0.2) is 22.7 Å². The minimum atomic E-state index is 0.121. The van der Waals surface area contributed by atoms with Crippen molar-refractivity contribution in [2.45, 2.75) is 19.3 Å². The Morgan fingerprint density at radius 3 is 2.83 bits per heavy atom. The molecule has 1 aromatic rings. The van der Waals surface area contributed by atoms with E-state index in [0.717, 1.165) is 23.5 Å². The van der Waals surface area contributed by atoms with Gasteiger partial charge in [-0.25, -0.2) is 0 Å². The van der Waals surface area contributed by atoms with Crippen molar-refractivity contribution in [3.05, 3.63) is 33.3 Å². The number of carbonyl (C=O) groups excluding carboxylic acids is 1. The van der Waals surface area contributed by atoms with Gasteiger partial charge in [-0.3, -0.25) is 4.79 Å². The summed E-state index contributed by atoms with van der Waals surface area (Å²) in [5.74, 6) is 0.983. The van der Waals surface area contributed by atoms with Crippen LogP contribution in [0.4, 0.5) is 0 Å². The van der Waals surface area contributed by atoms with Crippen LogP contribution >= 0.6 is 27.5 Å². The zero-order valence-electron chi connectivity index (χ0n) is 10.5. The zero-order chi connectivity index (χ0) is 13.1. The van der Waals surface area contributed by atoms with Gasteiger partial charge in [0.1, 0.15) is 0 Å². The van der Waals surface area contributed by atoms with E-state index in [1.54, 1.807) is 12.1 Å². The smallest absolute Gasteiger partial charge is 0.165 e. The summed E-state index contributed by atoms with van der Waals surface area (Å²) < 4.78 is 0.898. The van der Waals surface area contributed by atoms with Gasteiger partial charge in [0, 0.05) is 29.5 Å². The average molecular weight is 331 g/mol. The monoisotopic (exact) mass is 329 g/mol. The molecule has 2 rings (SSSR count). The largest absolute Gasteiger partial charge is 0.306 e. The summed E-state index contributed by atoms with van der Waals surface area (Å²) in [5.41, 5.74) is 0.625. The number of hydrogen-bond donors (Lipinski definition) is 0. The Bertz CT molecular complexity index is 445. The van der Waals surface area contributed by atoms with Crippen LogP contribution in [-0.2, 0) is 0 Å². The van der Waals surface area contributed by atoms with Crippen molar-refractivity contribution in [2.24, 2.45) is 5.92 Å². The molecule has 2 nitrogen and oxygen atoms in total. The summed E-state index contributed by atoms with van der Waals surface area (Å²) in [6.45, 7) is 1.92. The molecule has 0 saturated heterocycles. The fraction of sp³-hybridized carbons (Fsp3) is 0.500. The number of ketones is 1. The Hall–Kier alpha value is -0.380. The highest BCUT2D eigenvalue weighted by atomic mass is 79.9. The maximum Gasteiger partial charge on any atom is 0.165 e. The van der Waals surface area contributed by atoms with Crippen LogP contribution in [0, 0.1) is 5.92 Å². The molecule has 0 unspecified atom stereocenters. The molecule has 0 heterocycles. The summed E-state index contributed by atoms with van der Waals surface area (Å²) in [5, 5.41) is 0.527. The predicted molar refractivity (Wildman–Crippen MR) is 78.3 cm³/mol. The number of nitrogens with zero attached hydrogens (tertiary/aromatic N) is 1. The van der Waals surface area contributed by atoms with Crippen molar-refractivity contribution >= 4 is 33.3 Å². The van der Waals surface area contributed by atoms with Gasteiger partial charge < -0.3 is 4.90 Å². The third-order valence-electron chi connectivity index (χ3n) is 3.22. The average Bonchev–Trinajstić information content (AvgIpc) is 3.10. The first kappa shape index (κ1) is 14.0. The van der Waals surface area contributed by atoms with Crippen LogP contribution in [0.2, 0.25) is 5.02 Å². The molecule has 4 heteroatoms. The maximum atomic E-state index is 12.1. The molecule has 98 valence electrons. The molecule has 0 spiro atoms. The highest BCUT2D eigenvalue weighted by Crippen LogP contribution is 2.29. The Kier molecular flexibility index (Phi) is 4.82. The quantitative estimate of drug-likeness (QED) is 0.734. The van der Waals surface area contributed by atoms with Crippen molar-refractivity contribution in [2.75, 3.05) is 20.1 Å². The Morgan fingerprint density at radius 2 is 2.22 bits per heavy atom. The molecule has 18 heavy (non-hydrogen) atoms. The third kappa shape index (κ3) is 4.08. The minimum Gasteiger partial charge on any atom is -0.306 e. The van der Waals surface area contributed by atoms with Gasteiger partial charge in [0.05, 0.1) is 5.02 Å². The highest BCUT2D eigenvalue weighted by Gasteiger charge is 2.23. The summed E-state index contributed by atoms with van der Waals surface area (Å²) in [6, 6.07) is 5.41. The molecule has 0 radical (unpaired) electrons. The van der Waals surface area contributed by atoms with E-state index in [4.69, 9.17) is 11.6 Å². The lowest BCUT2D eigenvalue weighted by Gasteiger charge is -2.15. The Morgan fingerprint density at radius 1 is 1.50 bits per heavy atom. The van der Waals surface area contributed by atoms with Gasteiger partial charge in [-0.1, -0.05) is 27.5 Å². The summed E-state index contributed by atoms with van der Waals surface area (Å²) in [6.07, 6.45) is 3.22. The lowest BCUT2D eigenvalue weighted by molar-refractivity contribution is 0.0968. The van der Waals surface area contributed by atoms with E-state index in [0.29, 0.717) is 17.0 Å². The van der Waals surface area contributed by atoms with Gasteiger partial charge in [-0.05, 0) is 44.0 Å². The van der Waals surface area contributed by atoms with Crippen LogP contribution < -0.4 is 0 Å². The number of Topliss-reactive ketones (excluding diaryl/α,β-unsaturated/α-hetero) is 1. The molecule has 1 aliphatic carbocycles. The molecular weight excluding hydrogens is 314 g/mol. The SMILES string of the molecule is CN(CCC(=O)c1ccc(Br)cc1Cl)CC1CC1. The number of carbonyl (C=O) groups is 1. The van der Waals surface area contributed by atoms with E-state index in [-0.39, 0.29) is 5.78 Å². The molecule has 1 aliphatic rings. The maximum absolute atomic E-state index is 12.1. The molecule has 1 saturated carbocycles. The van der Waals surface area contributed by atoms with Crippen molar-refractivity contribution < 1.29 is 4.79 Å². The van der Waals surface area contributed by atoms with E-state index in [9.17, 15) is 4.79 Å². The van der Waals surface area contributed by atoms with Gasteiger partial charge in [-0.2, -0.15) is 0 Å². The molecule has 0 aliphatic heterocycles. The summed E-state index contributed by atoms with van der Waals surface area (Å²) in [4.78, 5) is 14.3. The molecule has 0 bridgehead atoms. The van der Waals surface area contributed by atoms with E-state index in [1.165, 1.54) is 12.8 Å². The first-order valence-corrected chi connectivity index (χ1v) is 7.40. The molecule has 0 N–H and O–H groups in total. The third-order valence-corrected chi connectivity index (χ3v) is 4.02. The lowest BCUT2D eigenvalue weighted by Crippen LogP contribution is -2.24. The molecule has 0 aromatic heterocycles. The van der Waals surface area contributed by atoms with Crippen LogP contribution in [0.5, 0.6) is 0 Å². The van der Waals surface area contributed by atoms with Gasteiger partial charge >= 0.3 is 0 Å². The molecule has 0 atom stereocenters. The lowest BCUT2D eigenvalue weighted by atomic mass is 10.1.